The zero-order chi connectivity index (χ0) is 17.5. The number of nitrogens with zero attached hydrogens (tertiary/aromatic N) is 1. The number of amides is 1. The Balaban J connectivity index is 2.05. The first-order valence-corrected chi connectivity index (χ1v) is 7.66. The molecule has 2 aromatic carbocycles. The summed E-state index contributed by atoms with van der Waals surface area (Å²) in [6.45, 7) is 1.94. The molecule has 1 unspecified atom stereocenters. The predicted octanol–water partition coefficient (Wildman–Crippen LogP) is 3.62. The van der Waals surface area contributed by atoms with Crippen molar-refractivity contribution in [3.63, 3.8) is 0 Å². The number of carbonyl (C=O) groups is 1. The van der Waals surface area contributed by atoms with Crippen LogP contribution in [0.2, 0.25) is 5.02 Å². The number of carbonyl (C=O) groups excluding carboxylic acids is 1. The Morgan fingerprint density at radius 2 is 2.00 bits per heavy atom. The van der Waals surface area contributed by atoms with Gasteiger partial charge in [0.2, 0.25) is 0 Å². The van der Waals surface area contributed by atoms with Crippen molar-refractivity contribution in [3.8, 4) is 6.07 Å². The van der Waals surface area contributed by atoms with Crippen molar-refractivity contribution in [1.82, 2.24) is 5.32 Å². The second kappa shape index (κ2) is 8.04. The topological polar surface area (TPSA) is 90.9 Å². The minimum absolute atomic E-state index is 0.0340. The van der Waals surface area contributed by atoms with Gasteiger partial charge in [-0.25, -0.2) is 0 Å². The van der Waals surface area contributed by atoms with Crippen LogP contribution in [0, 0.1) is 11.3 Å². The number of benzene rings is 2. The zero-order valence-electron chi connectivity index (χ0n) is 13.1. The van der Waals surface area contributed by atoms with Crippen LogP contribution in [0.15, 0.2) is 60.3 Å². The number of hydrogen-bond acceptors (Lipinski definition) is 4. The molecule has 2 rings (SSSR count). The monoisotopic (exact) mass is 340 g/mol. The standard InChI is InChI=1S/C18H17ClN4O/c1-12(13-5-3-2-4-6-13)22-11-14(10-20)18(24)23-15-7-8-17(21)16(19)9-15/h2-9,11-12,22H,21H2,1H3,(H,23,24)/b14-11-. The summed E-state index contributed by atoms with van der Waals surface area (Å²) in [7, 11) is 0. The van der Waals surface area contributed by atoms with Gasteiger partial charge in [0.1, 0.15) is 11.6 Å². The van der Waals surface area contributed by atoms with Crippen LogP contribution in [0.3, 0.4) is 0 Å². The van der Waals surface area contributed by atoms with E-state index < -0.39 is 5.91 Å². The second-order valence-electron chi connectivity index (χ2n) is 5.16. The summed E-state index contributed by atoms with van der Waals surface area (Å²) in [5, 5.41) is 15.2. The molecule has 1 amide bonds. The van der Waals surface area contributed by atoms with Crippen molar-refractivity contribution in [2.45, 2.75) is 13.0 Å². The number of halogens is 1. The maximum atomic E-state index is 12.2. The summed E-state index contributed by atoms with van der Waals surface area (Å²) >= 11 is 5.91. The molecule has 0 saturated carbocycles. The van der Waals surface area contributed by atoms with Crippen molar-refractivity contribution >= 4 is 28.9 Å². The van der Waals surface area contributed by atoms with E-state index in [0.29, 0.717) is 16.4 Å². The Morgan fingerprint density at radius 1 is 1.29 bits per heavy atom. The van der Waals surface area contributed by atoms with E-state index in [0.717, 1.165) is 5.56 Å². The molecular formula is C18H17ClN4O. The smallest absolute Gasteiger partial charge is 0.267 e. The van der Waals surface area contributed by atoms with Crippen molar-refractivity contribution in [2.24, 2.45) is 0 Å². The van der Waals surface area contributed by atoms with Gasteiger partial charge in [-0.05, 0) is 30.7 Å². The molecule has 24 heavy (non-hydrogen) atoms. The molecule has 0 saturated heterocycles. The molecule has 6 heteroatoms. The van der Waals surface area contributed by atoms with E-state index in [1.807, 2.05) is 43.3 Å². The fourth-order valence-electron chi connectivity index (χ4n) is 2.00. The summed E-state index contributed by atoms with van der Waals surface area (Å²) in [4.78, 5) is 12.2. The predicted molar refractivity (Wildman–Crippen MR) is 96.2 cm³/mol. The SMILES string of the molecule is CC(N/C=C(/C#N)C(=O)Nc1ccc(N)c(Cl)c1)c1ccccc1. The first-order valence-electron chi connectivity index (χ1n) is 7.29. The lowest BCUT2D eigenvalue weighted by Crippen LogP contribution is -2.18. The molecule has 0 aliphatic heterocycles. The van der Waals surface area contributed by atoms with Gasteiger partial charge < -0.3 is 16.4 Å². The van der Waals surface area contributed by atoms with Crippen LogP contribution >= 0.6 is 11.6 Å². The third kappa shape index (κ3) is 4.51. The van der Waals surface area contributed by atoms with Gasteiger partial charge in [-0.1, -0.05) is 41.9 Å². The van der Waals surface area contributed by atoms with Crippen molar-refractivity contribution in [2.75, 3.05) is 11.1 Å². The molecule has 122 valence electrons. The average Bonchev–Trinajstić information content (AvgIpc) is 2.59. The van der Waals surface area contributed by atoms with Crippen molar-refractivity contribution in [1.29, 1.82) is 5.26 Å². The van der Waals surface area contributed by atoms with Gasteiger partial charge in [-0.2, -0.15) is 5.26 Å². The number of nitrogens with one attached hydrogen (secondary N) is 2. The lowest BCUT2D eigenvalue weighted by Gasteiger charge is -2.12. The van der Waals surface area contributed by atoms with Gasteiger partial charge in [0, 0.05) is 17.9 Å². The molecule has 0 fully saturated rings. The highest BCUT2D eigenvalue weighted by molar-refractivity contribution is 6.33. The second-order valence-corrected chi connectivity index (χ2v) is 5.57. The van der Waals surface area contributed by atoms with Crippen LogP contribution in [0.1, 0.15) is 18.5 Å². The number of anilines is 2. The number of nitriles is 1. The van der Waals surface area contributed by atoms with E-state index in [1.165, 1.54) is 12.3 Å². The molecule has 0 aliphatic rings. The minimum atomic E-state index is -0.522. The van der Waals surface area contributed by atoms with Gasteiger partial charge in [0.15, 0.2) is 0 Å². The lowest BCUT2D eigenvalue weighted by molar-refractivity contribution is -0.112. The molecule has 1 atom stereocenters. The molecule has 0 bridgehead atoms. The molecule has 0 spiro atoms. The van der Waals surface area contributed by atoms with Crippen LogP contribution < -0.4 is 16.4 Å². The first kappa shape index (κ1) is 17.4. The zero-order valence-corrected chi connectivity index (χ0v) is 13.8. The van der Waals surface area contributed by atoms with Gasteiger partial charge >= 0.3 is 0 Å². The number of nitrogen functional groups attached to an aromatic ring is 1. The van der Waals surface area contributed by atoms with Crippen LogP contribution in [0.5, 0.6) is 0 Å². The van der Waals surface area contributed by atoms with Crippen molar-refractivity contribution in [3.05, 3.63) is 70.9 Å². The van der Waals surface area contributed by atoms with Crippen LogP contribution in [0.4, 0.5) is 11.4 Å². The Morgan fingerprint density at radius 3 is 2.62 bits per heavy atom. The molecule has 0 heterocycles. The Kier molecular flexibility index (Phi) is 5.83. The van der Waals surface area contributed by atoms with Gasteiger partial charge in [0.25, 0.3) is 5.91 Å². The van der Waals surface area contributed by atoms with Crippen molar-refractivity contribution < 1.29 is 4.79 Å². The maximum Gasteiger partial charge on any atom is 0.267 e. The summed E-state index contributed by atoms with van der Waals surface area (Å²) < 4.78 is 0. The summed E-state index contributed by atoms with van der Waals surface area (Å²) in [6.07, 6.45) is 1.41. The molecule has 0 aromatic heterocycles. The fraction of sp³-hybridized carbons (Fsp3) is 0.111. The van der Waals surface area contributed by atoms with E-state index in [2.05, 4.69) is 10.6 Å². The Bertz CT molecular complexity index is 796. The van der Waals surface area contributed by atoms with Crippen LogP contribution in [-0.4, -0.2) is 5.91 Å². The highest BCUT2D eigenvalue weighted by Gasteiger charge is 2.11. The molecule has 0 radical (unpaired) electrons. The van der Waals surface area contributed by atoms with Crippen LogP contribution in [-0.2, 0) is 4.79 Å². The number of nitrogens with two attached hydrogens (primary N) is 1. The van der Waals surface area contributed by atoms with E-state index in [9.17, 15) is 10.1 Å². The molecule has 5 nitrogen and oxygen atoms in total. The quantitative estimate of drug-likeness (QED) is 0.440. The summed E-state index contributed by atoms with van der Waals surface area (Å²) in [6, 6.07) is 16.3. The van der Waals surface area contributed by atoms with E-state index >= 15 is 0 Å². The van der Waals surface area contributed by atoms with Gasteiger partial charge in [0.05, 0.1) is 10.7 Å². The Labute approximate surface area is 145 Å². The number of rotatable bonds is 5. The van der Waals surface area contributed by atoms with E-state index in [1.54, 1.807) is 12.1 Å². The fourth-order valence-corrected chi connectivity index (χ4v) is 2.18. The van der Waals surface area contributed by atoms with Gasteiger partial charge in [-0.3, -0.25) is 4.79 Å². The van der Waals surface area contributed by atoms with Crippen LogP contribution in [0.25, 0.3) is 0 Å². The minimum Gasteiger partial charge on any atom is -0.398 e. The average molecular weight is 341 g/mol. The molecule has 0 aliphatic carbocycles. The summed E-state index contributed by atoms with van der Waals surface area (Å²) in [5.41, 5.74) is 7.53. The third-order valence-corrected chi connectivity index (χ3v) is 3.73. The van der Waals surface area contributed by atoms with E-state index in [-0.39, 0.29) is 11.6 Å². The maximum absolute atomic E-state index is 12.2. The largest absolute Gasteiger partial charge is 0.398 e. The van der Waals surface area contributed by atoms with E-state index in [4.69, 9.17) is 17.3 Å². The van der Waals surface area contributed by atoms with Gasteiger partial charge in [-0.15, -0.1) is 0 Å². The lowest BCUT2D eigenvalue weighted by atomic mass is 10.1. The Hall–Kier alpha value is -2.97. The first-order chi connectivity index (χ1) is 11.5. The highest BCUT2D eigenvalue weighted by Crippen LogP contribution is 2.22. The normalized spacial score (nSPS) is 12.1. The molecule has 2 aromatic rings. The molecular weight excluding hydrogens is 324 g/mol. The summed E-state index contributed by atoms with van der Waals surface area (Å²) in [5.74, 6) is -0.522. The third-order valence-electron chi connectivity index (χ3n) is 3.40. The number of hydrogen-bond donors (Lipinski definition) is 3. The molecule has 4 N–H and O–H groups in total. The highest BCUT2D eigenvalue weighted by atomic mass is 35.5.